The molecule has 1 aromatic rings. The van der Waals surface area contributed by atoms with Gasteiger partial charge in [0.25, 0.3) is 0 Å². The maximum absolute atomic E-state index is 13.9. The van der Waals surface area contributed by atoms with Gasteiger partial charge in [0.15, 0.2) is 0 Å². The molecule has 4 heteroatoms. The molecule has 0 radical (unpaired) electrons. The van der Waals surface area contributed by atoms with Crippen LogP contribution in [0.2, 0.25) is 0 Å². The molecule has 26 heavy (non-hydrogen) atoms. The summed E-state index contributed by atoms with van der Waals surface area (Å²) in [6.07, 6.45) is 8.95. The highest BCUT2D eigenvalue weighted by Gasteiger charge is 2.48. The average Bonchev–Trinajstić information content (AvgIpc) is 2.95. The lowest BCUT2D eigenvalue weighted by molar-refractivity contribution is -0.140. The van der Waals surface area contributed by atoms with E-state index in [0.717, 1.165) is 50.9 Å². The largest absolute Gasteiger partial charge is 0.371 e. The minimum atomic E-state index is -0.405. The summed E-state index contributed by atoms with van der Waals surface area (Å²) in [4.78, 5) is 18.6. The second-order valence-electron chi connectivity index (χ2n) is 8.78. The molecule has 0 spiro atoms. The lowest BCUT2D eigenvalue weighted by atomic mass is 9.79. The van der Waals surface area contributed by atoms with Crippen molar-refractivity contribution in [3.05, 3.63) is 29.8 Å². The van der Waals surface area contributed by atoms with Crippen LogP contribution in [0.5, 0.6) is 0 Å². The fourth-order valence-corrected chi connectivity index (χ4v) is 5.28. The molecule has 2 atom stereocenters. The summed E-state index contributed by atoms with van der Waals surface area (Å²) in [7, 11) is 2.20. The molecule has 1 aromatic carbocycles. The fraction of sp³-hybridized carbons (Fsp3) is 0.682. The van der Waals surface area contributed by atoms with Crippen LogP contribution in [0.1, 0.15) is 56.9 Å². The molecule has 2 saturated heterocycles. The predicted octanol–water partition coefficient (Wildman–Crippen LogP) is 3.80. The highest BCUT2D eigenvalue weighted by atomic mass is 16.2. The van der Waals surface area contributed by atoms with Crippen LogP contribution < -0.4 is 5.32 Å². The molecule has 1 aliphatic carbocycles. The third-order valence-electron chi connectivity index (χ3n) is 6.77. The van der Waals surface area contributed by atoms with Crippen molar-refractivity contribution >= 4 is 11.6 Å². The lowest BCUT2D eigenvalue weighted by Crippen LogP contribution is -2.58. The number of anilines is 1. The number of carbonyl (C=O) groups is 1. The summed E-state index contributed by atoms with van der Waals surface area (Å²) in [5.74, 6) is 0.376. The molecule has 2 heterocycles. The van der Waals surface area contributed by atoms with E-state index in [1.165, 1.54) is 24.8 Å². The Morgan fingerprint density at radius 2 is 1.73 bits per heavy atom. The minimum Gasteiger partial charge on any atom is -0.371 e. The van der Waals surface area contributed by atoms with Crippen molar-refractivity contribution < 1.29 is 4.79 Å². The van der Waals surface area contributed by atoms with E-state index in [-0.39, 0.29) is 0 Å². The summed E-state index contributed by atoms with van der Waals surface area (Å²) in [6.45, 7) is 4.25. The normalized spacial score (nSPS) is 28.6. The quantitative estimate of drug-likeness (QED) is 0.896. The summed E-state index contributed by atoms with van der Waals surface area (Å²) >= 11 is 0. The highest BCUT2D eigenvalue weighted by Crippen LogP contribution is 2.38. The summed E-state index contributed by atoms with van der Waals surface area (Å²) < 4.78 is 0. The Morgan fingerprint density at radius 1 is 1.04 bits per heavy atom. The number of rotatable bonds is 3. The van der Waals surface area contributed by atoms with Crippen molar-refractivity contribution in [2.45, 2.75) is 75.9 Å². The first kappa shape index (κ1) is 17.8. The molecule has 2 aliphatic heterocycles. The first-order valence-electron chi connectivity index (χ1n) is 10.4. The van der Waals surface area contributed by atoms with Gasteiger partial charge >= 0.3 is 0 Å². The Hall–Kier alpha value is -1.55. The first-order valence-corrected chi connectivity index (χ1v) is 10.4. The molecule has 2 bridgehead atoms. The van der Waals surface area contributed by atoms with E-state index < -0.39 is 5.54 Å². The minimum absolute atomic E-state index is 0.376. The van der Waals surface area contributed by atoms with Gasteiger partial charge in [-0.3, -0.25) is 4.79 Å². The molecule has 3 fully saturated rings. The second-order valence-corrected chi connectivity index (χ2v) is 8.78. The molecular weight excluding hydrogens is 322 g/mol. The topological polar surface area (TPSA) is 35.6 Å². The standard InChI is InChI=1S/C22H33N3O/c1-17-6-8-18(9-7-17)23-22(13-4-3-5-14-22)21(26)25-19-10-11-20(25)16-24(2)15-12-19/h6-9,19-20,23H,3-5,10-16H2,1-2H3/t19-,20+/m1/s1. The van der Waals surface area contributed by atoms with E-state index in [9.17, 15) is 4.79 Å². The van der Waals surface area contributed by atoms with Crippen molar-refractivity contribution in [1.29, 1.82) is 0 Å². The molecule has 4 nitrogen and oxygen atoms in total. The van der Waals surface area contributed by atoms with Crippen molar-refractivity contribution in [3.8, 4) is 0 Å². The monoisotopic (exact) mass is 355 g/mol. The molecule has 0 unspecified atom stereocenters. The Balaban J connectivity index is 1.61. The van der Waals surface area contributed by atoms with Gasteiger partial charge in [0.05, 0.1) is 0 Å². The third-order valence-corrected chi connectivity index (χ3v) is 6.77. The highest BCUT2D eigenvalue weighted by molar-refractivity contribution is 5.90. The Kier molecular flexibility index (Phi) is 4.96. The van der Waals surface area contributed by atoms with Gasteiger partial charge in [-0.2, -0.15) is 0 Å². The van der Waals surface area contributed by atoms with Gasteiger partial charge in [-0.1, -0.05) is 37.0 Å². The van der Waals surface area contributed by atoms with Crippen LogP contribution in [-0.2, 0) is 4.79 Å². The molecule has 3 aliphatic rings. The van der Waals surface area contributed by atoms with Gasteiger partial charge in [0, 0.05) is 24.3 Å². The van der Waals surface area contributed by atoms with Crippen LogP contribution in [-0.4, -0.2) is 53.5 Å². The van der Waals surface area contributed by atoms with Crippen molar-refractivity contribution in [2.24, 2.45) is 0 Å². The van der Waals surface area contributed by atoms with Gasteiger partial charge in [-0.15, -0.1) is 0 Å². The number of nitrogens with zero attached hydrogens (tertiary/aromatic N) is 2. The van der Waals surface area contributed by atoms with E-state index in [1.807, 2.05) is 0 Å². The van der Waals surface area contributed by atoms with Crippen LogP contribution in [0, 0.1) is 6.92 Å². The van der Waals surface area contributed by atoms with Crippen molar-refractivity contribution in [3.63, 3.8) is 0 Å². The lowest BCUT2D eigenvalue weighted by Gasteiger charge is -2.43. The summed E-state index contributed by atoms with van der Waals surface area (Å²) in [6, 6.07) is 9.37. The molecular formula is C22H33N3O. The van der Waals surface area contributed by atoms with E-state index >= 15 is 0 Å². The van der Waals surface area contributed by atoms with Gasteiger partial charge in [0.1, 0.15) is 5.54 Å². The van der Waals surface area contributed by atoms with Crippen LogP contribution in [0.4, 0.5) is 5.69 Å². The number of hydrogen-bond donors (Lipinski definition) is 1. The average molecular weight is 356 g/mol. The zero-order valence-corrected chi connectivity index (χ0v) is 16.3. The number of hydrogen-bond acceptors (Lipinski definition) is 3. The number of benzene rings is 1. The Morgan fingerprint density at radius 3 is 2.46 bits per heavy atom. The number of amides is 1. The SMILES string of the molecule is Cc1ccc(NC2(C(=O)N3[C@@H]4CC[C@H]3CN(C)CC4)CCCCC2)cc1. The van der Waals surface area contributed by atoms with Gasteiger partial charge in [-0.05, 0) is 64.8 Å². The Bertz CT molecular complexity index is 635. The number of likely N-dealkylation sites (N-methyl/N-ethyl adjacent to an activating group) is 1. The molecule has 142 valence electrons. The van der Waals surface area contributed by atoms with Crippen LogP contribution in [0.25, 0.3) is 0 Å². The third kappa shape index (κ3) is 3.36. The number of fused-ring (bicyclic) bond motifs is 2. The fourth-order valence-electron chi connectivity index (χ4n) is 5.28. The van der Waals surface area contributed by atoms with Crippen LogP contribution in [0.3, 0.4) is 0 Å². The van der Waals surface area contributed by atoms with Gasteiger partial charge < -0.3 is 15.1 Å². The molecule has 1 N–H and O–H groups in total. The van der Waals surface area contributed by atoms with E-state index in [4.69, 9.17) is 0 Å². The molecule has 4 rings (SSSR count). The van der Waals surface area contributed by atoms with Crippen LogP contribution >= 0.6 is 0 Å². The zero-order chi connectivity index (χ0) is 18.1. The maximum Gasteiger partial charge on any atom is 0.248 e. The van der Waals surface area contributed by atoms with Crippen molar-refractivity contribution in [2.75, 3.05) is 25.5 Å². The van der Waals surface area contributed by atoms with E-state index in [1.54, 1.807) is 0 Å². The van der Waals surface area contributed by atoms with E-state index in [0.29, 0.717) is 18.0 Å². The second kappa shape index (κ2) is 7.22. The van der Waals surface area contributed by atoms with E-state index in [2.05, 4.69) is 53.4 Å². The first-order chi connectivity index (χ1) is 12.6. The smallest absolute Gasteiger partial charge is 0.248 e. The maximum atomic E-state index is 13.9. The van der Waals surface area contributed by atoms with Crippen molar-refractivity contribution in [1.82, 2.24) is 9.80 Å². The molecule has 1 saturated carbocycles. The number of carbonyl (C=O) groups excluding carboxylic acids is 1. The zero-order valence-electron chi connectivity index (χ0n) is 16.3. The number of likely N-dealkylation sites (tertiary alicyclic amines) is 1. The van der Waals surface area contributed by atoms with Gasteiger partial charge in [-0.25, -0.2) is 0 Å². The predicted molar refractivity (Wildman–Crippen MR) is 106 cm³/mol. The number of nitrogens with one attached hydrogen (secondary N) is 1. The molecule has 0 aromatic heterocycles. The van der Waals surface area contributed by atoms with Crippen LogP contribution in [0.15, 0.2) is 24.3 Å². The number of aryl methyl sites for hydroxylation is 1. The van der Waals surface area contributed by atoms with Gasteiger partial charge in [0.2, 0.25) is 5.91 Å². The summed E-state index contributed by atoms with van der Waals surface area (Å²) in [5, 5.41) is 3.71. The summed E-state index contributed by atoms with van der Waals surface area (Å²) in [5.41, 5.74) is 1.94. The molecule has 1 amide bonds. The Labute approximate surface area is 157 Å².